The van der Waals surface area contributed by atoms with Crippen LogP contribution >= 0.6 is 0 Å². The van der Waals surface area contributed by atoms with Crippen LogP contribution in [0, 0.1) is 5.92 Å². The third kappa shape index (κ3) is 4.66. The number of aliphatic carboxylic acids is 1. The Morgan fingerprint density at radius 2 is 2.05 bits per heavy atom. The number of hydrogen-bond donors (Lipinski definition) is 4. The minimum Gasteiger partial charge on any atom is -0.481 e. The number of hydrogen-bond acceptors (Lipinski definition) is 3. The third-order valence-electron chi connectivity index (χ3n) is 2.40. The molecule has 1 rings (SSSR count). The minimum absolute atomic E-state index is 0.0106. The summed E-state index contributed by atoms with van der Waals surface area (Å²) in [6.45, 7) is 1.49. The maximum atomic E-state index is 11.5. The van der Waals surface area contributed by atoms with E-state index in [0.29, 0.717) is 5.69 Å². The van der Waals surface area contributed by atoms with Crippen molar-refractivity contribution in [2.75, 3.05) is 11.9 Å². The summed E-state index contributed by atoms with van der Waals surface area (Å²) >= 11 is 0. The Morgan fingerprint density at radius 3 is 2.63 bits per heavy atom. The molecular weight excluding hydrogens is 250 g/mol. The summed E-state index contributed by atoms with van der Waals surface area (Å²) in [5.74, 6) is -2.26. The Labute approximate surface area is 109 Å². The van der Waals surface area contributed by atoms with Crippen molar-refractivity contribution in [2.45, 2.75) is 6.92 Å². The van der Waals surface area contributed by atoms with Gasteiger partial charge in [0.25, 0.3) is 0 Å². The second-order valence-corrected chi connectivity index (χ2v) is 4.02. The quantitative estimate of drug-likeness (QED) is 0.623. The van der Waals surface area contributed by atoms with Crippen LogP contribution in [-0.2, 0) is 4.79 Å². The van der Waals surface area contributed by atoms with Gasteiger partial charge in [-0.3, -0.25) is 9.59 Å². The molecule has 7 heteroatoms. The Bertz CT molecular complexity index is 502. The molecule has 0 saturated carbocycles. The fourth-order valence-electron chi connectivity index (χ4n) is 1.26. The SMILES string of the molecule is CC(CNC(=O)Nc1cccc(C(N)=O)c1)C(=O)O. The number of urea groups is 1. The topological polar surface area (TPSA) is 122 Å². The molecule has 1 atom stereocenters. The number of carboxylic acid groups (broad SMARTS) is 1. The van der Waals surface area contributed by atoms with Gasteiger partial charge in [0.15, 0.2) is 0 Å². The van der Waals surface area contributed by atoms with Gasteiger partial charge in [0.2, 0.25) is 5.91 Å². The molecular formula is C12H15N3O4. The van der Waals surface area contributed by atoms with Gasteiger partial charge in [-0.25, -0.2) is 4.79 Å². The summed E-state index contributed by atoms with van der Waals surface area (Å²) < 4.78 is 0. The fourth-order valence-corrected chi connectivity index (χ4v) is 1.26. The lowest BCUT2D eigenvalue weighted by molar-refractivity contribution is -0.140. The molecule has 0 bridgehead atoms. The molecule has 0 aliphatic heterocycles. The first-order valence-electron chi connectivity index (χ1n) is 5.57. The molecule has 0 aliphatic rings. The molecule has 19 heavy (non-hydrogen) atoms. The van der Waals surface area contributed by atoms with Crippen molar-refractivity contribution in [3.8, 4) is 0 Å². The van der Waals surface area contributed by atoms with Gasteiger partial charge in [0.05, 0.1) is 5.92 Å². The molecule has 0 radical (unpaired) electrons. The molecule has 0 fully saturated rings. The monoisotopic (exact) mass is 265 g/mol. The molecule has 1 aromatic carbocycles. The Kier molecular flexibility index (Phi) is 4.87. The normalized spacial score (nSPS) is 11.4. The average molecular weight is 265 g/mol. The van der Waals surface area contributed by atoms with Crippen LogP contribution in [0.25, 0.3) is 0 Å². The zero-order valence-electron chi connectivity index (χ0n) is 10.3. The molecule has 5 N–H and O–H groups in total. The minimum atomic E-state index is -0.990. The van der Waals surface area contributed by atoms with Gasteiger partial charge in [-0.05, 0) is 18.2 Å². The highest BCUT2D eigenvalue weighted by Crippen LogP contribution is 2.09. The average Bonchev–Trinajstić information content (AvgIpc) is 2.36. The van der Waals surface area contributed by atoms with Crippen LogP contribution < -0.4 is 16.4 Å². The summed E-state index contributed by atoms with van der Waals surface area (Å²) in [6, 6.07) is 5.58. The summed E-state index contributed by atoms with van der Waals surface area (Å²) in [5, 5.41) is 13.6. The number of rotatable bonds is 5. The Morgan fingerprint density at radius 1 is 1.37 bits per heavy atom. The summed E-state index contributed by atoms with van der Waals surface area (Å²) in [4.78, 5) is 33.0. The van der Waals surface area contributed by atoms with Gasteiger partial charge in [0.1, 0.15) is 0 Å². The van der Waals surface area contributed by atoms with Crippen LogP contribution in [0.3, 0.4) is 0 Å². The fraction of sp³-hybridized carbons (Fsp3) is 0.250. The van der Waals surface area contributed by atoms with Gasteiger partial charge in [-0.2, -0.15) is 0 Å². The highest BCUT2D eigenvalue weighted by Gasteiger charge is 2.12. The van der Waals surface area contributed by atoms with E-state index in [1.54, 1.807) is 12.1 Å². The molecule has 0 aliphatic carbocycles. The van der Waals surface area contributed by atoms with Crippen molar-refractivity contribution < 1.29 is 19.5 Å². The number of carbonyl (C=O) groups excluding carboxylic acids is 2. The maximum absolute atomic E-state index is 11.5. The van der Waals surface area contributed by atoms with Crippen molar-refractivity contribution in [2.24, 2.45) is 11.7 Å². The van der Waals surface area contributed by atoms with Crippen LogP contribution in [0.2, 0.25) is 0 Å². The lowest BCUT2D eigenvalue weighted by Crippen LogP contribution is -2.34. The van der Waals surface area contributed by atoms with E-state index in [1.807, 2.05) is 0 Å². The van der Waals surface area contributed by atoms with Gasteiger partial charge in [-0.1, -0.05) is 13.0 Å². The number of carboxylic acids is 1. The standard InChI is InChI=1S/C12H15N3O4/c1-7(11(17)18)6-14-12(19)15-9-4-2-3-8(5-9)10(13)16/h2-5,7H,6H2,1H3,(H2,13,16)(H,17,18)(H2,14,15,19). The van der Waals surface area contributed by atoms with Crippen molar-refractivity contribution >= 4 is 23.6 Å². The number of anilines is 1. The van der Waals surface area contributed by atoms with Crippen LogP contribution in [0.5, 0.6) is 0 Å². The van der Waals surface area contributed by atoms with Gasteiger partial charge >= 0.3 is 12.0 Å². The number of amides is 3. The van der Waals surface area contributed by atoms with Crippen molar-refractivity contribution in [1.29, 1.82) is 0 Å². The Hall–Kier alpha value is -2.57. The molecule has 102 valence electrons. The summed E-state index contributed by atoms with van der Waals surface area (Å²) in [5.41, 5.74) is 5.79. The second kappa shape index (κ2) is 6.39. The predicted octanol–water partition coefficient (Wildman–Crippen LogP) is 0.628. The molecule has 0 saturated heterocycles. The molecule has 0 spiro atoms. The highest BCUT2D eigenvalue weighted by molar-refractivity contribution is 5.95. The van der Waals surface area contributed by atoms with E-state index in [4.69, 9.17) is 10.8 Å². The van der Waals surface area contributed by atoms with Crippen LogP contribution in [-0.4, -0.2) is 29.6 Å². The smallest absolute Gasteiger partial charge is 0.319 e. The number of benzene rings is 1. The maximum Gasteiger partial charge on any atom is 0.319 e. The van der Waals surface area contributed by atoms with Crippen molar-refractivity contribution in [3.63, 3.8) is 0 Å². The van der Waals surface area contributed by atoms with Crippen molar-refractivity contribution in [1.82, 2.24) is 5.32 Å². The van der Waals surface area contributed by atoms with Gasteiger partial charge < -0.3 is 21.5 Å². The van der Waals surface area contributed by atoms with E-state index in [0.717, 1.165) is 0 Å². The second-order valence-electron chi connectivity index (χ2n) is 4.02. The third-order valence-corrected chi connectivity index (χ3v) is 2.40. The molecule has 0 heterocycles. The number of nitrogens with one attached hydrogen (secondary N) is 2. The van der Waals surface area contributed by atoms with Crippen LogP contribution in [0.15, 0.2) is 24.3 Å². The van der Waals surface area contributed by atoms with E-state index in [9.17, 15) is 14.4 Å². The zero-order chi connectivity index (χ0) is 14.4. The van der Waals surface area contributed by atoms with E-state index < -0.39 is 23.8 Å². The first-order chi connectivity index (χ1) is 8.90. The summed E-state index contributed by atoms with van der Waals surface area (Å²) in [6.07, 6.45) is 0. The van der Waals surface area contributed by atoms with E-state index in [2.05, 4.69) is 10.6 Å². The van der Waals surface area contributed by atoms with Crippen LogP contribution in [0.1, 0.15) is 17.3 Å². The number of carbonyl (C=O) groups is 3. The predicted molar refractivity (Wildman–Crippen MR) is 68.8 cm³/mol. The largest absolute Gasteiger partial charge is 0.481 e. The van der Waals surface area contributed by atoms with Crippen LogP contribution in [0.4, 0.5) is 10.5 Å². The molecule has 1 unspecified atom stereocenters. The molecule has 0 aromatic heterocycles. The van der Waals surface area contributed by atoms with Gasteiger partial charge in [-0.15, -0.1) is 0 Å². The van der Waals surface area contributed by atoms with E-state index in [1.165, 1.54) is 19.1 Å². The van der Waals surface area contributed by atoms with E-state index >= 15 is 0 Å². The lowest BCUT2D eigenvalue weighted by Gasteiger charge is -2.10. The number of nitrogens with two attached hydrogens (primary N) is 1. The lowest BCUT2D eigenvalue weighted by atomic mass is 10.2. The number of primary amides is 1. The molecule has 3 amide bonds. The Balaban J connectivity index is 2.55. The molecule has 7 nitrogen and oxygen atoms in total. The van der Waals surface area contributed by atoms with Gasteiger partial charge in [0, 0.05) is 17.8 Å². The molecule has 1 aromatic rings. The van der Waals surface area contributed by atoms with E-state index in [-0.39, 0.29) is 12.1 Å². The summed E-state index contributed by atoms with van der Waals surface area (Å²) in [7, 11) is 0. The first kappa shape index (κ1) is 14.5. The van der Waals surface area contributed by atoms with Crippen molar-refractivity contribution in [3.05, 3.63) is 29.8 Å². The first-order valence-corrected chi connectivity index (χ1v) is 5.57. The zero-order valence-corrected chi connectivity index (χ0v) is 10.3. The highest BCUT2D eigenvalue weighted by atomic mass is 16.4.